The summed E-state index contributed by atoms with van der Waals surface area (Å²) in [5.41, 5.74) is 4.26. The van der Waals surface area contributed by atoms with Crippen molar-refractivity contribution in [1.29, 1.82) is 0 Å². The molecule has 23 heavy (non-hydrogen) atoms. The smallest absolute Gasteiger partial charge is 0.343 e. The van der Waals surface area contributed by atoms with Crippen molar-refractivity contribution in [1.82, 2.24) is 9.97 Å². The Kier molecular flexibility index (Phi) is 4.99. The van der Waals surface area contributed by atoms with E-state index in [0.29, 0.717) is 18.9 Å². The van der Waals surface area contributed by atoms with Crippen LogP contribution < -0.4 is 10.6 Å². The van der Waals surface area contributed by atoms with Crippen molar-refractivity contribution in [3.63, 3.8) is 0 Å². The fourth-order valence-corrected chi connectivity index (χ4v) is 2.44. The number of aliphatic hydroxyl groups is 1. The van der Waals surface area contributed by atoms with E-state index < -0.39 is 17.5 Å². The van der Waals surface area contributed by atoms with Crippen LogP contribution in [0.4, 0.5) is 11.8 Å². The second-order valence-corrected chi connectivity index (χ2v) is 5.20. The molecular formula is C14H20N4O5. The van der Waals surface area contributed by atoms with Crippen LogP contribution in [0.3, 0.4) is 0 Å². The maximum Gasteiger partial charge on any atom is 0.343 e. The van der Waals surface area contributed by atoms with E-state index in [4.69, 9.17) is 15.2 Å². The zero-order chi connectivity index (χ0) is 17.0. The molecule has 1 aromatic rings. The highest BCUT2D eigenvalue weighted by atomic mass is 16.5. The van der Waals surface area contributed by atoms with Crippen molar-refractivity contribution >= 4 is 23.7 Å². The largest absolute Gasteiger partial charge is 0.465 e. The summed E-state index contributed by atoms with van der Waals surface area (Å²) < 4.78 is 9.61. The number of nitrogens with two attached hydrogens (primary N) is 1. The van der Waals surface area contributed by atoms with Crippen LogP contribution in [-0.2, 0) is 14.3 Å². The lowest BCUT2D eigenvalue weighted by atomic mass is 9.91. The number of hydrogen-bond acceptors (Lipinski definition) is 9. The lowest BCUT2D eigenvalue weighted by molar-refractivity contribution is -0.167. The Balaban J connectivity index is 2.18. The molecule has 0 aromatic carbocycles. The summed E-state index contributed by atoms with van der Waals surface area (Å²) in [6.07, 6.45) is 1.63. The summed E-state index contributed by atoms with van der Waals surface area (Å²) in [7, 11) is 1.26. The summed E-state index contributed by atoms with van der Waals surface area (Å²) in [6, 6.07) is 0. The predicted octanol–water partition coefficient (Wildman–Crippen LogP) is -0.260. The minimum absolute atomic E-state index is 0.0267. The van der Waals surface area contributed by atoms with E-state index >= 15 is 0 Å². The first-order chi connectivity index (χ1) is 10.9. The highest BCUT2D eigenvalue weighted by molar-refractivity contribution is 5.94. The first kappa shape index (κ1) is 16.9. The quantitative estimate of drug-likeness (QED) is 0.720. The average Bonchev–Trinajstić information content (AvgIpc) is 2.55. The van der Waals surface area contributed by atoms with Crippen molar-refractivity contribution in [2.45, 2.75) is 25.4 Å². The van der Waals surface area contributed by atoms with Gasteiger partial charge in [-0.15, -0.1) is 0 Å². The maximum absolute atomic E-state index is 11.8. The lowest BCUT2D eigenvalue weighted by Gasteiger charge is -2.37. The van der Waals surface area contributed by atoms with E-state index in [-0.39, 0.29) is 31.0 Å². The fourth-order valence-electron chi connectivity index (χ4n) is 2.44. The fraction of sp³-hybridized carbons (Fsp3) is 0.571. The highest BCUT2D eigenvalue weighted by Crippen LogP contribution is 2.28. The van der Waals surface area contributed by atoms with Crippen LogP contribution in [0.1, 0.15) is 30.1 Å². The number of piperidine rings is 1. The molecule has 0 aliphatic carbocycles. The van der Waals surface area contributed by atoms with Gasteiger partial charge in [0.25, 0.3) is 0 Å². The first-order valence-corrected chi connectivity index (χ1v) is 7.26. The summed E-state index contributed by atoms with van der Waals surface area (Å²) in [6.45, 7) is 2.52. The van der Waals surface area contributed by atoms with Crippen molar-refractivity contribution < 1.29 is 24.2 Å². The van der Waals surface area contributed by atoms with Gasteiger partial charge in [-0.1, -0.05) is 0 Å². The molecule has 9 heteroatoms. The Hall–Kier alpha value is -2.42. The third-order valence-corrected chi connectivity index (χ3v) is 3.74. The molecule has 1 saturated heterocycles. The monoisotopic (exact) mass is 324 g/mol. The summed E-state index contributed by atoms with van der Waals surface area (Å²) >= 11 is 0. The number of aromatic nitrogens is 2. The Morgan fingerprint density at radius 2 is 2.09 bits per heavy atom. The molecule has 0 amide bonds. The SMILES string of the molecule is CCOC(=O)C1(O)CCN(c2nc(N)ncc2C(=O)OC)CC1. The number of carbonyl (C=O) groups excluding carboxylic acids is 2. The zero-order valence-corrected chi connectivity index (χ0v) is 13.1. The van der Waals surface area contributed by atoms with Gasteiger partial charge in [-0.25, -0.2) is 14.6 Å². The van der Waals surface area contributed by atoms with Crippen molar-refractivity contribution in [3.05, 3.63) is 11.8 Å². The molecule has 0 spiro atoms. The van der Waals surface area contributed by atoms with Crippen LogP contribution in [0.5, 0.6) is 0 Å². The Morgan fingerprint density at radius 1 is 1.43 bits per heavy atom. The predicted molar refractivity (Wildman–Crippen MR) is 80.8 cm³/mol. The Bertz CT molecular complexity index is 599. The van der Waals surface area contributed by atoms with E-state index in [9.17, 15) is 14.7 Å². The van der Waals surface area contributed by atoms with Gasteiger partial charge in [0.1, 0.15) is 11.4 Å². The minimum atomic E-state index is -1.52. The van der Waals surface area contributed by atoms with Crippen LogP contribution in [0.15, 0.2) is 6.20 Å². The van der Waals surface area contributed by atoms with Crippen molar-refractivity contribution in [3.8, 4) is 0 Å². The molecule has 1 fully saturated rings. The topological polar surface area (TPSA) is 128 Å². The molecule has 3 N–H and O–H groups in total. The summed E-state index contributed by atoms with van der Waals surface area (Å²) in [4.78, 5) is 33.3. The van der Waals surface area contributed by atoms with E-state index in [1.165, 1.54) is 13.3 Å². The molecule has 0 unspecified atom stereocenters. The standard InChI is InChI=1S/C14H20N4O5/c1-3-23-12(20)14(21)4-6-18(7-5-14)10-9(11(19)22-2)8-16-13(15)17-10/h8,21H,3-7H2,1-2H3,(H2,15,16,17). The average molecular weight is 324 g/mol. The van der Waals surface area contributed by atoms with E-state index in [0.717, 1.165) is 0 Å². The van der Waals surface area contributed by atoms with E-state index in [1.807, 2.05) is 0 Å². The van der Waals surface area contributed by atoms with E-state index in [2.05, 4.69) is 9.97 Å². The van der Waals surface area contributed by atoms with E-state index in [1.54, 1.807) is 11.8 Å². The van der Waals surface area contributed by atoms with Crippen LogP contribution in [0.25, 0.3) is 0 Å². The van der Waals surface area contributed by atoms with Gasteiger partial charge >= 0.3 is 11.9 Å². The number of esters is 2. The highest BCUT2D eigenvalue weighted by Gasteiger charge is 2.41. The van der Waals surface area contributed by atoms with Gasteiger partial charge in [0.2, 0.25) is 5.95 Å². The molecule has 1 aromatic heterocycles. The number of ether oxygens (including phenoxy) is 2. The molecule has 0 saturated carbocycles. The number of carbonyl (C=O) groups is 2. The van der Waals surface area contributed by atoms with Gasteiger partial charge in [0, 0.05) is 32.1 Å². The maximum atomic E-state index is 11.8. The zero-order valence-electron chi connectivity index (χ0n) is 13.1. The molecule has 2 rings (SSSR count). The Morgan fingerprint density at radius 3 is 2.65 bits per heavy atom. The molecule has 0 radical (unpaired) electrons. The third kappa shape index (κ3) is 3.50. The molecule has 2 heterocycles. The number of methoxy groups -OCH3 is 1. The second kappa shape index (κ2) is 6.78. The number of anilines is 2. The van der Waals surface area contributed by atoms with Crippen LogP contribution in [0, 0.1) is 0 Å². The lowest BCUT2D eigenvalue weighted by Crippen LogP contribution is -2.50. The molecule has 126 valence electrons. The number of hydrogen-bond donors (Lipinski definition) is 2. The minimum Gasteiger partial charge on any atom is -0.465 e. The van der Waals surface area contributed by atoms with Gasteiger partial charge in [-0.2, -0.15) is 4.98 Å². The first-order valence-electron chi connectivity index (χ1n) is 7.26. The van der Waals surface area contributed by atoms with Gasteiger partial charge in [-0.3, -0.25) is 0 Å². The van der Waals surface area contributed by atoms with Gasteiger partial charge in [-0.05, 0) is 6.92 Å². The summed E-state index contributed by atoms with van der Waals surface area (Å²) in [5, 5.41) is 10.4. The van der Waals surface area contributed by atoms with Crippen LogP contribution in [0.2, 0.25) is 0 Å². The molecule has 0 atom stereocenters. The molecule has 1 aliphatic heterocycles. The van der Waals surface area contributed by atoms with Crippen molar-refractivity contribution in [2.24, 2.45) is 0 Å². The molecular weight excluding hydrogens is 304 g/mol. The van der Waals surface area contributed by atoms with Gasteiger partial charge < -0.3 is 25.2 Å². The Labute approximate surface area is 133 Å². The molecule has 1 aliphatic rings. The third-order valence-electron chi connectivity index (χ3n) is 3.74. The normalized spacial score (nSPS) is 16.7. The van der Waals surface area contributed by atoms with Crippen LogP contribution >= 0.6 is 0 Å². The second-order valence-electron chi connectivity index (χ2n) is 5.20. The summed E-state index contributed by atoms with van der Waals surface area (Å²) in [5.74, 6) is -0.851. The van der Waals surface area contributed by atoms with Crippen molar-refractivity contribution in [2.75, 3.05) is 37.4 Å². The molecule has 9 nitrogen and oxygen atoms in total. The number of nitrogen functional groups attached to an aromatic ring is 1. The number of nitrogens with zero attached hydrogens (tertiary/aromatic N) is 3. The van der Waals surface area contributed by atoms with Gasteiger partial charge in [0.15, 0.2) is 5.60 Å². The molecule has 0 bridgehead atoms. The van der Waals surface area contributed by atoms with Crippen LogP contribution in [-0.4, -0.2) is 59.4 Å². The number of rotatable bonds is 4. The van der Waals surface area contributed by atoms with Gasteiger partial charge in [0.05, 0.1) is 13.7 Å².